The van der Waals surface area contributed by atoms with Crippen molar-refractivity contribution < 1.29 is 4.79 Å². The van der Waals surface area contributed by atoms with Crippen LogP contribution in [0.25, 0.3) is 0 Å². The summed E-state index contributed by atoms with van der Waals surface area (Å²) in [5.74, 6) is 1.04. The van der Waals surface area contributed by atoms with Crippen molar-refractivity contribution in [3.8, 4) is 0 Å². The van der Waals surface area contributed by atoms with Crippen LogP contribution in [-0.2, 0) is 6.54 Å². The normalized spacial score (nSPS) is 12.4. The highest BCUT2D eigenvalue weighted by Gasteiger charge is 2.07. The second-order valence-corrected chi connectivity index (χ2v) is 6.40. The standard InChI is InChI=1S/C21H28N4O/c1-15-8-10-18(11-9-15)16(2)13-24-21(23-4)25-14-17-6-5-7-19(12-17)20(26)22-3/h5-12,16H,13-14H2,1-4H3,(H,22,26)(H2,23,24,25). The van der Waals surface area contributed by atoms with Gasteiger partial charge in [0.2, 0.25) is 0 Å². The van der Waals surface area contributed by atoms with E-state index in [4.69, 9.17) is 0 Å². The minimum Gasteiger partial charge on any atom is -0.356 e. The molecular weight excluding hydrogens is 324 g/mol. The van der Waals surface area contributed by atoms with E-state index >= 15 is 0 Å². The highest BCUT2D eigenvalue weighted by molar-refractivity contribution is 5.94. The fraction of sp³-hybridized carbons (Fsp3) is 0.333. The highest BCUT2D eigenvalue weighted by atomic mass is 16.1. The molecule has 1 atom stereocenters. The average molecular weight is 352 g/mol. The van der Waals surface area contributed by atoms with Gasteiger partial charge >= 0.3 is 0 Å². The fourth-order valence-electron chi connectivity index (χ4n) is 2.64. The summed E-state index contributed by atoms with van der Waals surface area (Å²) in [6.07, 6.45) is 0. The van der Waals surface area contributed by atoms with Crippen LogP contribution in [0.2, 0.25) is 0 Å². The lowest BCUT2D eigenvalue weighted by atomic mass is 10.0. The third-order valence-corrected chi connectivity index (χ3v) is 4.32. The van der Waals surface area contributed by atoms with E-state index in [1.54, 1.807) is 20.2 Å². The van der Waals surface area contributed by atoms with Crippen molar-refractivity contribution >= 4 is 11.9 Å². The Morgan fingerprint density at radius 2 is 1.85 bits per heavy atom. The van der Waals surface area contributed by atoms with Crippen molar-refractivity contribution in [3.05, 3.63) is 70.8 Å². The summed E-state index contributed by atoms with van der Waals surface area (Å²) in [4.78, 5) is 16.0. The molecule has 0 aromatic heterocycles. The topological polar surface area (TPSA) is 65.5 Å². The maximum Gasteiger partial charge on any atom is 0.251 e. The molecule has 2 aromatic rings. The van der Waals surface area contributed by atoms with E-state index in [0.717, 1.165) is 18.1 Å². The molecule has 2 rings (SSSR count). The molecule has 3 N–H and O–H groups in total. The Morgan fingerprint density at radius 3 is 2.50 bits per heavy atom. The minimum atomic E-state index is -0.0821. The van der Waals surface area contributed by atoms with E-state index < -0.39 is 0 Å². The number of benzene rings is 2. The average Bonchev–Trinajstić information content (AvgIpc) is 2.68. The van der Waals surface area contributed by atoms with Crippen LogP contribution in [0, 0.1) is 6.92 Å². The third kappa shape index (κ3) is 5.62. The molecular formula is C21H28N4O. The monoisotopic (exact) mass is 352 g/mol. The van der Waals surface area contributed by atoms with Gasteiger partial charge in [-0.3, -0.25) is 9.79 Å². The molecule has 2 aromatic carbocycles. The number of hydrogen-bond donors (Lipinski definition) is 3. The predicted octanol–water partition coefficient (Wildman–Crippen LogP) is 2.82. The molecule has 26 heavy (non-hydrogen) atoms. The smallest absolute Gasteiger partial charge is 0.251 e. The van der Waals surface area contributed by atoms with E-state index in [1.165, 1.54) is 11.1 Å². The Morgan fingerprint density at radius 1 is 1.12 bits per heavy atom. The molecule has 0 spiro atoms. The number of hydrogen-bond acceptors (Lipinski definition) is 2. The maximum atomic E-state index is 11.7. The number of amides is 1. The quantitative estimate of drug-likeness (QED) is 0.553. The zero-order chi connectivity index (χ0) is 18.9. The van der Waals surface area contributed by atoms with Crippen LogP contribution < -0.4 is 16.0 Å². The minimum absolute atomic E-state index is 0.0821. The van der Waals surface area contributed by atoms with Crippen LogP contribution in [-0.4, -0.2) is 32.5 Å². The molecule has 0 fully saturated rings. The molecule has 0 aliphatic carbocycles. The van der Waals surface area contributed by atoms with Crippen molar-refractivity contribution in [3.63, 3.8) is 0 Å². The van der Waals surface area contributed by atoms with Crippen molar-refractivity contribution in [2.75, 3.05) is 20.6 Å². The SMILES string of the molecule is CN=C(NCc1cccc(C(=O)NC)c1)NCC(C)c1ccc(C)cc1. The Balaban J connectivity index is 1.88. The number of rotatable bonds is 6. The molecule has 138 valence electrons. The number of nitrogens with one attached hydrogen (secondary N) is 3. The van der Waals surface area contributed by atoms with Gasteiger partial charge in [-0.15, -0.1) is 0 Å². The van der Waals surface area contributed by atoms with Gasteiger partial charge in [-0.05, 0) is 36.1 Å². The molecule has 0 heterocycles. The first-order valence-electron chi connectivity index (χ1n) is 8.85. The van der Waals surface area contributed by atoms with E-state index in [9.17, 15) is 4.79 Å². The van der Waals surface area contributed by atoms with Crippen LogP contribution >= 0.6 is 0 Å². The van der Waals surface area contributed by atoms with Gasteiger partial charge in [0.25, 0.3) is 5.91 Å². The van der Waals surface area contributed by atoms with Crippen LogP contribution in [0.4, 0.5) is 0 Å². The lowest BCUT2D eigenvalue weighted by Crippen LogP contribution is -2.38. The number of carbonyl (C=O) groups is 1. The zero-order valence-electron chi connectivity index (χ0n) is 16.0. The molecule has 1 amide bonds. The summed E-state index contributed by atoms with van der Waals surface area (Å²) in [5, 5.41) is 9.29. The molecule has 5 heteroatoms. The van der Waals surface area contributed by atoms with E-state index in [-0.39, 0.29) is 5.91 Å². The largest absolute Gasteiger partial charge is 0.356 e. The van der Waals surface area contributed by atoms with Crippen molar-refractivity contribution in [1.82, 2.24) is 16.0 Å². The third-order valence-electron chi connectivity index (χ3n) is 4.32. The number of nitrogens with zero attached hydrogens (tertiary/aromatic N) is 1. The maximum absolute atomic E-state index is 11.7. The first-order valence-corrected chi connectivity index (χ1v) is 8.85. The van der Waals surface area contributed by atoms with Crippen LogP contribution in [0.15, 0.2) is 53.5 Å². The number of aryl methyl sites for hydroxylation is 1. The van der Waals surface area contributed by atoms with Gasteiger partial charge in [-0.2, -0.15) is 0 Å². The lowest BCUT2D eigenvalue weighted by molar-refractivity contribution is 0.0963. The summed E-state index contributed by atoms with van der Waals surface area (Å²) in [5.41, 5.74) is 4.26. The summed E-state index contributed by atoms with van der Waals surface area (Å²) >= 11 is 0. The van der Waals surface area contributed by atoms with E-state index in [1.807, 2.05) is 18.2 Å². The van der Waals surface area contributed by atoms with Gasteiger partial charge in [0.15, 0.2) is 5.96 Å². The Bertz CT molecular complexity index is 753. The van der Waals surface area contributed by atoms with E-state index in [2.05, 4.69) is 59.1 Å². The van der Waals surface area contributed by atoms with Gasteiger partial charge in [-0.25, -0.2) is 0 Å². The first-order chi connectivity index (χ1) is 12.5. The number of guanidine groups is 1. The molecule has 0 saturated carbocycles. The van der Waals surface area contributed by atoms with Gasteiger partial charge in [0.05, 0.1) is 0 Å². The molecule has 0 bridgehead atoms. The molecule has 0 aliphatic heterocycles. The first kappa shape index (κ1) is 19.5. The van der Waals surface area contributed by atoms with Crippen LogP contribution in [0.3, 0.4) is 0 Å². The number of carbonyl (C=O) groups excluding carboxylic acids is 1. The molecule has 1 unspecified atom stereocenters. The summed E-state index contributed by atoms with van der Waals surface area (Å²) < 4.78 is 0. The van der Waals surface area contributed by atoms with Crippen LogP contribution in [0.1, 0.15) is 39.9 Å². The van der Waals surface area contributed by atoms with Crippen molar-refractivity contribution in [1.29, 1.82) is 0 Å². The van der Waals surface area contributed by atoms with Crippen molar-refractivity contribution in [2.45, 2.75) is 26.3 Å². The fourth-order valence-corrected chi connectivity index (χ4v) is 2.64. The molecule has 5 nitrogen and oxygen atoms in total. The highest BCUT2D eigenvalue weighted by Crippen LogP contribution is 2.14. The molecule has 0 aliphatic rings. The summed E-state index contributed by atoms with van der Waals surface area (Å²) in [6, 6.07) is 16.2. The van der Waals surface area contributed by atoms with Gasteiger partial charge in [0, 0.05) is 32.7 Å². The Hall–Kier alpha value is -2.82. The summed E-state index contributed by atoms with van der Waals surface area (Å²) in [7, 11) is 3.39. The van der Waals surface area contributed by atoms with Crippen LogP contribution in [0.5, 0.6) is 0 Å². The van der Waals surface area contributed by atoms with E-state index in [0.29, 0.717) is 18.0 Å². The predicted molar refractivity (Wildman–Crippen MR) is 108 cm³/mol. The second kappa shape index (κ2) is 9.61. The zero-order valence-corrected chi connectivity index (χ0v) is 16.0. The Labute approximate surface area is 155 Å². The summed E-state index contributed by atoms with van der Waals surface area (Å²) in [6.45, 7) is 5.68. The Kier molecular flexibility index (Phi) is 7.21. The number of aliphatic imine (C=N–C) groups is 1. The van der Waals surface area contributed by atoms with Crippen molar-refractivity contribution in [2.24, 2.45) is 4.99 Å². The lowest BCUT2D eigenvalue weighted by Gasteiger charge is -2.17. The molecule has 0 saturated heterocycles. The van der Waals surface area contributed by atoms with Gasteiger partial charge in [-0.1, -0.05) is 48.9 Å². The van der Waals surface area contributed by atoms with Gasteiger partial charge < -0.3 is 16.0 Å². The van der Waals surface area contributed by atoms with Gasteiger partial charge in [0.1, 0.15) is 0 Å². The second-order valence-electron chi connectivity index (χ2n) is 6.40. The molecule has 0 radical (unpaired) electrons.